The molecule has 0 aliphatic rings. The van der Waals surface area contributed by atoms with Crippen molar-refractivity contribution in [2.45, 2.75) is 4.90 Å². The average Bonchev–Trinajstić information content (AvgIpc) is 2.40. The Hall–Kier alpha value is -1.71. The summed E-state index contributed by atoms with van der Waals surface area (Å²) < 4.78 is 27.2. The topological polar surface area (TPSA) is 102 Å². The van der Waals surface area contributed by atoms with Crippen LogP contribution in [0.1, 0.15) is 0 Å². The largest absolute Gasteiger partial charge is 0.278 e. The summed E-state index contributed by atoms with van der Waals surface area (Å²) in [5, 5.41) is 10.4. The Morgan fingerprint density at radius 3 is 2.52 bits per heavy atom. The first-order valence-corrected chi connectivity index (χ1v) is 8.03. The third-order valence-electron chi connectivity index (χ3n) is 2.40. The minimum atomic E-state index is -3.96. The summed E-state index contributed by atoms with van der Waals surface area (Å²) >= 11 is 8.93. The third-order valence-corrected chi connectivity index (χ3v) is 4.73. The fourth-order valence-electron chi connectivity index (χ4n) is 1.47. The molecule has 0 radical (unpaired) electrons. The predicted molar refractivity (Wildman–Crippen MR) is 80.9 cm³/mol. The van der Waals surface area contributed by atoms with E-state index >= 15 is 0 Å². The molecule has 0 atom stereocenters. The minimum Gasteiger partial charge on any atom is -0.278 e. The van der Waals surface area contributed by atoms with Gasteiger partial charge in [-0.1, -0.05) is 11.6 Å². The van der Waals surface area contributed by atoms with Crippen LogP contribution in [0.3, 0.4) is 0 Å². The van der Waals surface area contributed by atoms with Crippen molar-refractivity contribution < 1.29 is 13.3 Å². The van der Waals surface area contributed by atoms with Crippen molar-refractivity contribution in [2.75, 3.05) is 4.72 Å². The molecule has 7 nitrogen and oxygen atoms in total. The Kier molecular flexibility index (Phi) is 4.45. The fraction of sp³-hybridized carbons (Fsp3) is 0. The molecule has 0 amide bonds. The van der Waals surface area contributed by atoms with Gasteiger partial charge >= 0.3 is 0 Å². The first kappa shape index (κ1) is 15.7. The quantitative estimate of drug-likeness (QED) is 0.489. The fourth-order valence-corrected chi connectivity index (χ4v) is 3.29. The molecule has 0 aliphatic heterocycles. The minimum absolute atomic E-state index is 0.234. The maximum atomic E-state index is 12.2. The second-order valence-electron chi connectivity index (χ2n) is 3.85. The number of pyridine rings is 1. The number of nitro groups is 1. The molecule has 0 bridgehead atoms. The van der Waals surface area contributed by atoms with Crippen LogP contribution in [0.15, 0.2) is 46.0 Å². The van der Waals surface area contributed by atoms with Gasteiger partial charge < -0.3 is 0 Å². The highest BCUT2D eigenvalue weighted by Crippen LogP contribution is 2.27. The van der Waals surface area contributed by atoms with E-state index in [1.54, 1.807) is 6.07 Å². The molecular weight excluding hydrogens is 386 g/mol. The molecule has 10 heteroatoms. The highest BCUT2D eigenvalue weighted by Gasteiger charge is 2.20. The number of nitrogens with zero attached hydrogens (tertiary/aromatic N) is 2. The van der Waals surface area contributed by atoms with E-state index in [4.69, 9.17) is 11.6 Å². The van der Waals surface area contributed by atoms with Crippen LogP contribution in [-0.4, -0.2) is 18.3 Å². The summed E-state index contributed by atoms with van der Waals surface area (Å²) in [7, 11) is -3.96. The number of non-ortho nitro benzene ring substituents is 1. The van der Waals surface area contributed by atoms with Crippen LogP contribution in [-0.2, 0) is 10.0 Å². The number of benzene rings is 1. The van der Waals surface area contributed by atoms with Gasteiger partial charge in [-0.3, -0.25) is 14.8 Å². The summed E-state index contributed by atoms with van der Waals surface area (Å²) in [6.07, 6.45) is 1.32. The number of nitrogens with one attached hydrogen (secondary N) is 1. The zero-order valence-electron chi connectivity index (χ0n) is 10.2. The van der Waals surface area contributed by atoms with Crippen molar-refractivity contribution in [1.82, 2.24) is 4.98 Å². The van der Waals surface area contributed by atoms with Gasteiger partial charge in [0, 0.05) is 12.1 Å². The monoisotopic (exact) mass is 391 g/mol. The highest BCUT2D eigenvalue weighted by molar-refractivity contribution is 9.10. The Labute approximate surface area is 133 Å². The number of rotatable bonds is 4. The lowest BCUT2D eigenvalue weighted by Crippen LogP contribution is -2.13. The molecule has 0 saturated carbocycles. The van der Waals surface area contributed by atoms with E-state index in [0.29, 0.717) is 4.60 Å². The lowest BCUT2D eigenvalue weighted by molar-refractivity contribution is -0.384. The molecule has 0 unspecified atom stereocenters. The maximum absolute atomic E-state index is 12.2. The Morgan fingerprint density at radius 1 is 1.29 bits per heavy atom. The molecule has 1 heterocycles. The molecule has 110 valence electrons. The Bertz CT molecular complexity index is 796. The molecular formula is C11H7BrClN3O4S. The lowest BCUT2D eigenvalue weighted by atomic mass is 10.3. The van der Waals surface area contributed by atoms with Crippen molar-refractivity contribution in [2.24, 2.45) is 0 Å². The molecule has 1 N–H and O–H groups in total. The molecule has 0 aliphatic carbocycles. The third kappa shape index (κ3) is 3.69. The van der Waals surface area contributed by atoms with Crippen molar-refractivity contribution >= 4 is 48.9 Å². The molecule has 1 aromatic heterocycles. The van der Waals surface area contributed by atoms with Gasteiger partial charge in [0.1, 0.15) is 9.50 Å². The van der Waals surface area contributed by atoms with Crippen LogP contribution in [0.4, 0.5) is 11.4 Å². The van der Waals surface area contributed by atoms with E-state index in [-0.39, 0.29) is 21.3 Å². The van der Waals surface area contributed by atoms with Gasteiger partial charge in [0.05, 0.1) is 21.8 Å². The normalized spacial score (nSPS) is 11.1. The Balaban J connectivity index is 2.35. The van der Waals surface area contributed by atoms with Crippen LogP contribution in [0, 0.1) is 10.1 Å². The summed E-state index contributed by atoms with van der Waals surface area (Å²) in [5.41, 5.74) is -0.0446. The molecule has 2 rings (SSSR count). The van der Waals surface area contributed by atoms with Crippen LogP contribution in [0.25, 0.3) is 0 Å². The van der Waals surface area contributed by atoms with E-state index in [2.05, 4.69) is 25.6 Å². The van der Waals surface area contributed by atoms with Crippen LogP contribution < -0.4 is 4.72 Å². The van der Waals surface area contributed by atoms with Gasteiger partial charge in [0.25, 0.3) is 15.7 Å². The van der Waals surface area contributed by atoms with E-state index in [1.165, 1.54) is 12.3 Å². The number of halogens is 2. The predicted octanol–water partition coefficient (Wildman–Crippen LogP) is 3.21. The molecule has 1 aromatic carbocycles. The molecule has 0 saturated heterocycles. The van der Waals surface area contributed by atoms with Gasteiger partial charge in [-0.05, 0) is 34.1 Å². The number of nitro benzene ring substituents is 1. The van der Waals surface area contributed by atoms with Crippen molar-refractivity contribution in [3.05, 3.63) is 56.3 Å². The first-order valence-electron chi connectivity index (χ1n) is 5.38. The summed E-state index contributed by atoms with van der Waals surface area (Å²) in [4.78, 5) is 13.6. The SMILES string of the molecule is O=[N+]([O-])c1ccc(S(=O)(=O)Nc2ccc(Br)nc2)c(Cl)c1. The van der Waals surface area contributed by atoms with E-state index in [9.17, 15) is 18.5 Å². The van der Waals surface area contributed by atoms with Crippen molar-refractivity contribution in [3.8, 4) is 0 Å². The van der Waals surface area contributed by atoms with Crippen molar-refractivity contribution in [3.63, 3.8) is 0 Å². The summed E-state index contributed by atoms with van der Waals surface area (Å²) in [6.45, 7) is 0. The van der Waals surface area contributed by atoms with Gasteiger partial charge in [-0.2, -0.15) is 0 Å². The van der Waals surface area contributed by atoms with Gasteiger partial charge in [-0.15, -0.1) is 0 Å². The number of hydrogen-bond donors (Lipinski definition) is 1. The zero-order valence-corrected chi connectivity index (χ0v) is 13.3. The Morgan fingerprint density at radius 2 is 2.00 bits per heavy atom. The molecule has 2 aromatic rings. The van der Waals surface area contributed by atoms with E-state index < -0.39 is 14.9 Å². The second-order valence-corrected chi connectivity index (χ2v) is 6.72. The standard InChI is InChI=1S/C11H7BrClN3O4S/c12-11-4-1-7(6-14-11)15-21(19,20)10-3-2-8(16(17)18)5-9(10)13/h1-6,15H. The number of sulfonamides is 1. The average molecular weight is 393 g/mol. The highest BCUT2D eigenvalue weighted by atomic mass is 79.9. The lowest BCUT2D eigenvalue weighted by Gasteiger charge is -2.09. The number of aromatic nitrogens is 1. The van der Waals surface area contributed by atoms with Crippen molar-refractivity contribution in [1.29, 1.82) is 0 Å². The number of hydrogen-bond acceptors (Lipinski definition) is 5. The maximum Gasteiger partial charge on any atom is 0.271 e. The van der Waals surface area contributed by atoms with Gasteiger partial charge in [0.15, 0.2) is 0 Å². The molecule has 0 spiro atoms. The second kappa shape index (κ2) is 5.96. The van der Waals surface area contributed by atoms with E-state index in [1.807, 2.05) is 0 Å². The summed E-state index contributed by atoms with van der Waals surface area (Å²) in [6, 6.07) is 6.20. The summed E-state index contributed by atoms with van der Waals surface area (Å²) in [5.74, 6) is 0. The van der Waals surface area contributed by atoms with Crippen LogP contribution >= 0.6 is 27.5 Å². The first-order chi connectivity index (χ1) is 9.79. The van der Waals surface area contributed by atoms with Crippen LogP contribution in [0.5, 0.6) is 0 Å². The number of anilines is 1. The zero-order chi connectivity index (χ0) is 15.6. The van der Waals surface area contributed by atoms with Crippen LogP contribution in [0.2, 0.25) is 5.02 Å². The van der Waals surface area contributed by atoms with Gasteiger partial charge in [0.2, 0.25) is 0 Å². The van der Waals surface area contributed by atoms with E-state index in [0.717, 1.165) is 18.2 Å². The molecule has 0 fully saturated rings. The molecule has 21 heavy (non-hydrogen) atoms. The smallest absolute Gasteiger partial charge is 0.271 e. The van der Waals surface area contributed by atoms with Gasteiger partial charge in [-0.25, -0.2) is 13.4 Å².